The highest BCUT2D eigenvalue weighted by Gasteiger charge is 2.17. The Morgan fingerprint density at radius 3 is 2.67 bits per heavy atom. The van der Waals surface area contributed by atoms with Gasteiger partial charge in [-0.2, -0.15) is 0 Å². The molecule has 0 spiro atoms. The van der Waals surface area contributed by atoms with Crippen LogP contribution in [0.3, 0.4) is 0 Å². The van der Waals surface area contributed by atoms with E-state index in [1.54, 1.807) is 18.2 Å². The van der Waals surface area contributed by atoms with Crippen LogP contribution in [-0.2, 0) is 6.54 Å². The normalized spacial score (nSPS) is 12.8. The van der Waals surface area contributed by atoms with Crippen LogP contribution in [0.25, 0.3) is 11.3 Å². The van der Waals surface area contributed by atoms with Crippen molar-refractivity contribution in [3.05, 3.63) is 97.6 Å². The Labute approximate surface area is 194 Å². The van der Waals surface area contributed by atoms with Crippen molar-refractivity contribution in [3.63, 3.8) is 0 Å². The van der Waals surface area contributed by atoms with Gasteiger partial charge in [-0.25, -0.2) is 4.99 Å². The second-order valence-electron chi connectivity index (χ2n) is 7.83. The number of benzene rings is 3. The quantitative estimate of drug-likeness (QED) is 0.281. The molecule has 4 aromatic rings. The minimum Gasteiger partial charge on any atom is -0.454 e. The molecule has 3 aromatic carbocycles. The molecule has 0 radical (unpaired) electrons. The maximum Gasteiger partial charge on any atom is 0.294 e. The molecule has 33 heavy (non-hydrogen) atoms. The van der Waals surface area contributed by atoms with Gasteiger partial charge in [0.05, 0.1) is 17.2 Å². The lowest BCUT2D eigenvalue weighted by Gasteiger charge is -2.11. The zero-order valence-corrected chi connectivity index (χ0v) is 19.0. The number of nitrogens with zero attached hydrogens (tertiary/aromatic N) is 3. The Kier molecular flexibility index (Phi) is 5.43. The van der Waals surface area contributed by atoms with E-state index >= 15 is 0 Å². The number of aryl methyl sites for hydroxylation is 2. The lowest BCUT2D eigenvalue weighted by Crippen LogP contribution is -2.17. The molecule has 8 heteroatoms. The van der Waals surface area contributed by atoms with Crippen molar-refractivity contribution in [1.82, 2.24) is 4.57 Å². The Bertz CT molecular complexity index is 1440. The number of nitro groups is 1. The summed E-state index contributed by atoms with van der Waals surface area (Å²) in [6, 6.07) is 18.8. The predicted molar refractivity (Wildman–Crippen MR) is 127 cm³/mol. The number of rotatable bonds is 5. The minimum absolute atomic E-state index is 0.0201. The lowest BCUT2D eigenvalue weighted by molar-refractivity contribution is -0.384. The number of para-hydroxylation sites is 2. The fourth-order valence-electron chi connectivity index (χ4n) is 3.74. The van der Waals surface area contributed by atoms with Crippen LogP contribution in [0.1, 0.15) is 16.7 Å². The van der Waals surface area contributed by atoms with Gasteiger partial charge in [0.25, 0.3) is 5.69 Å². The lowest BCUT2D eigenvalue weighted by atomic mass is 10.0. The molecular weight excluding hydrogens is 438 g/mol. The van der Waals surface area contributed by atoms with E-state index in [4.69, 9.17) is 14.5 Å². The molecule has 0 saturated heterocycles. The monoisotopic (exact) mass is 459 g/mol. The fraction of sp³-hybridized carbons (Fsp3) is 0.160. The first-order chi connectivity index (χ1) is 16.0. The third-order valence-electron chi connectivity index (χ3n) is 5.67. The molecule has 166 valence electrons. The summed E-state index contributed by atoms with van der Waals surface area (Å²) in [5.41, 5.74) is 5.82. The number of ether oxygens (including phenoxy) is 2. The molecule has 2 heterocycles. The van der Waals surface area contributed by atoms with Gasteiger partial charge in [0.2, 0.25) is 6.79 Å². The smallest absolute Gasteiger partial charge is 0.294 e. The molecule has 0 atom stereocenters. The summed E-state index contributed by atoms with van der Waals surface area (Å²) in [4.78, 5) is 16.5. The number of fused-ring (bicyclic) bond motifs is 1. The van der Waals surface area contributed by atoms with Crippen molar-refractivity contribution < 1.29 is 14.4 Å². The maximum atomic E-state index is 11.5. The van der Waals surface area contributed by atoms with E-state index in [2.05, 4.69) is 36.6 Å². The van der Waals surface area contributed by atoms with E-state index in [0.717, 1.165) is 22.6 Å². The molecule has 0 bridgehead atoms. The van der Waals surface area contributed by atoms with Crippen LogP contribution < -0.4 is 14.3 Å². The van der Waals surface area contributed by atoms with Crippen molar-refractivity contribution in [2.45, 2.75) is 20.4 Å². The Morgan fingerprint density at radius 1 is 1.03 bits per heavy atom. The van der Waals surface area contributed by atoms with Gasteiger partial charge >= 0.3 is 0 Å². The minimum atomic E-state index is -0.404. The van der Waals surface area contributed by atoms with Crippen LogP contribution >= 0.6 is 11.3 Å². The second kappa shape index (κ2) is 8.55. The summed E-state index contributed by atoms with van der Waals surface area (Å²) in [6.45, 7) is 4.92. The van der Waals surface area contributed by atoms with Crippen LogP contribution in [-0.4, -0.2) is 16.3 Å². The highest BCUT2D eigenvalue weighted by atomic mass is 32.1. The number of thiazole rings is 1. The van der Waals surface area contributed by atoms with Crippen LogP contribution in [0.15, 0.2) is 71.0 Å². The summed E-state index contributed by atoms with van der Waals surface area (Å²) < 4.78 is 13.1. The number of hydrogen-bond acceptors (Lipinski definition) is 6. The van der Waals surface area contributed by atoms with E-state index in [1.807, 2.05) is 23.6 Å². The van der Waals surface area contributed by atoms with Gasteiger partial charge in [-0.05, 0) is 60.4 Å². The predicted octanol–water partition coefficient (Wildman–Crippen LogP) is 5.75. The third-order valence-corrected chi connectivity index (χ3v) is 6.54. The van der Waals surface area contributed by atoms with Gasteiger partial charge in [-0.3, -0.25) is 10.1 Å². The van der Waals surface area contributed by atoms with E-state index in [1.165, 1.54) is 28.5 Å². The first-order valence-electron chi connectivity index (χ1n) is 10.4. The van der Waals surface area contributed by atoms with Gasteiger partial charge < -0.3 is 14.0 Å². The van der Waals surface area contributed by atoms with Gasteiger partial charge in [0, 0.05) is 11.4 Å². The summed E-state index contributed by atoms with van der Waals surface area (Å²) >= 11 is 1.46. The van der Waals surface area contributed by atoms with Crippen LogP contribution in [0.5, 0.6) is 11.5 Å². The molecule has 7 nitrogen and oxygen atoms in total. The SMILES string of the molecule is Cc1ccc(-c2csc(=Nc3ccccc3[N+](=O)[O-])n2Cc2ccc3c(c2)OCO3)cc1C. The van der Waals surface area contributed by atoms with Crippen LogP contribution in [0, 0.1) is 24.0 Å². The summed E-state index contributed by atoms with van der Waals surface area (Å²) in [7, 11) is 0. The molecule has 0 fully saturated rings. The fourth-order valence-corrected chi connectivity index (χ4v) is 4.66. The molecule has 1 aliphatic heterocycles. The summed E-state index contributed by atoms with van der Waals surface area (Å²) in [5.74, 6) is 1.45. The Morgan fingerprint density at radius 2 is 1.85 bits per heavy atom. The number of nitro benzene ring substituents is 1. The van der Waals surface area contributed by atoms with Gasteiger partial charge in [0.15, 0.2) is 16.3 Å². The molecule has 0 N–H and O–H groups in total. The summed E-state index contributed by atoms with van der Waals surface area (Å²) in [5, 5.41) is 13.6. The first-order valence-corrected chi connectivity index (χ1v) is 11.3. The maximum absolute atomic E-state index is 11.5. The van der Waals surface area contributed by atoms with Crippen molar-refractivity contribution in [2.75, 3.05) is 6.79 Å². The zero-order chi connectivity index (χ0) is 22.9. The van der Waals surface area contributed by atoms with Gasteiger partial charge in [0.1, 0.15) is 5.69 Å². The molecule has 0 aliphatic carbocycles. The zero-order valence-electron chi connectivity index (χ0n) is 18.1. The van der Waals surface area contributed by atoms with Crippen molar-refractivity contribution in [1.29, 1.82) is 0 Å². The topological polar surface area (TPSA) is 78.9 Å². The molecule has 0 saturated carbocycles. The molecule has 0 unspecified atom stereocenters. The van der Waals surface area contributed by atoms with E-state index in [-0.39, 0.29) is 12.5 Å². The van der Waals surface area contributed by atoms with Crippen LogP contribution in [0.4, 0.5) is 11.4 Å². The Balaban J connectivity index is 1.66. The molecular formula is C25H21N3O4S. The highest BCUT2D eigenvalue weighted by Crippen LogP contribution is 2.33. The van der Waals surface area contributed by atoms with Crippen molar-refractivity contribution >= 4 is 22.7 Å². The third kappa shape index (κ3) is 4.12. The van der Waals surface area contributed by atoms with Crippen LogP contribution in [0.2, 0.25) is 0 Å². The number of hydrogen-bond donors (Lipinski definition) is 0. The van der Waals surface area contributed by atoms with Crippen molar-refractivity contribution in [3.8, 4) is 22.8 Å². The molecule has 0 amide bonds. The van der Waals surface area contributed by atoms with Gasteiger partial charge in [-0.1, -0.05) is 30.3 Å². The molecule has 5 rings (SSSR count). The van der Waals surface area contributed by atoms with E-state index in [9.17, 15) is 10.1 Å². The highest BCUT2D eigenvalue weighted by molar-refractivity contribution is 7.07. The average molecular weight is 460 g/mol. The average Bonchev–Trinajstić information content (AvgIpc) is 3.43. The van der Waals surface area contributed by atoms with E-state index < -0.39 is 4.92 Å². The first kappa shape index (κ1) is 21.0. The molecule has 1 aliphatic rings. The van der Waals surface area contributed by atoms with E-state index in [0.29, 0.717) is 22.8 Å². The summed E-state index contributed by atoms with van der Waals surface area (Å²) in [6.07, 6.45) is 0. The number of aromatic nitrogens is 1. The molecule has 1 aromatic heterocycles. The Hall–Kier alpha value is -3.91. The standard InChI is InChI=1S/C25H21N3O4S/c1-16-7-9-19(11-17(16)2)22-14-33-25(26-20-5-3-4-6-21(20)28(29)30)27(22)13-18-8-10-23-24(12-18)32-15-31-23/h3-12,14H,13,15H2,1-2H3. The second-order valence-corrected chi connectivity index (χ2v) is 8.67. The van der Waals surface area contributed by atoms with Crippen molar-refractivity contribution in [2.24, 2.45) is 4.99 Å². The van der Waals surface area contributed by atoms with Gasteiger partial charge in [-0.15, -0.1) is 11.3 Å². The largest absolute Gasteiger partial charge is 0.454 e.